The Morgan fingerprint density at radius 1 is 1.10 bits per heavy atom. The van der Waals surface area contributed by atoms with E-state index < -0.39 is 12.0 Å². The van der Waals surface area contributed by atoms with E-state index in [4.69, 9.17) is 0 Å². The Morgan fingerprint density at radius 3 is 2.35 bits per heavy atom. The molecule has 5 nitrogen and oxygen atoms in total. The van der Waals surface area contributed by atoms with Gasteiger partial charge in [0.25, 0.3) is 0 Å². The van der Waals surface area contributed by atoms with Gasteiger partial charge in [0.15, 0.2) is 0 Å². The SMILES string of the molecule is Cc1sc(NC(=O)Nc2ccccc2)c(C(=O)O)c1C. The molecule has 0 spiro atoms. The second kappa shape index (κ2) is 5.75. The summed E-state index contributed by atoms with van der Waals surface area (Å²) in [6.45, 7) is 3.56. The van der Waals surface area contributed by atoms with Crippen LogP contribution in [0.4, 0.5) is 15.5 Å². The number of hydrogen-bond donors (Lipinski definition) is 3. The van der Waals surface area contributed by atoms with Crippen molar-refractivity contribution in [1.82, 2.24) is 0 Å². The van der Waals surface area contributed by atoms with Crippen LogP contribution in [-0.2, 0) is 0 Å². The van der Waals surface area contributed by atoms with E-state index in [1.165, 1.54) is 11.3 Å². The van der Waals surface area contributed by atoms with Gasteiger partial charge in [0.1, 0.15) is 5.00 Å². The third-order valence-electron chi connectivity index (χ3n) is 2.86. The molecule has 1 aromatic heterocycles. The highest BCUT2D eigenvalue weighted by Crippen LogP contribution is 2.32. The molecule has 0 atom stereocenters. The Bertz CT molecular complexity index is 650. The molecule has 0 saturated carbocycles. The van der Waals surface area contributed by atoms with Crippen molar-refractivity contribution in [2.24, 2.45) is 0 Å². The Morgan fingerprint density at radius 2 is 1.75 bits per heavy atom. The van der Waals surface area contributed by atoms with Crippen LogP contribution in [0.2, 0.25) is 0 Å². The fraction of sp³-hybridized carbons (Fsp3) is 0.143. The number of benzene rings is 1. The van der Waals surface area contributed by atoms with E-state index in [1.54, 1.807) is 31.2 Å². The summed E-state index contributed by atoms with van der Waals surface area (Å²) in [4.78, 5) is 24.0. The summed E-state index contributed by atoms with van der Waals surface area (Å²) in [6.07, 6.45) is 0. The van der Waals surface area contributed by atoms with Crippen molar-refractivity contribution in [1.29, 1.82) is 0 Å². The molecular weight excluding hydrogens is 276 g/mol. The van der Waals surface area contributed by atoms with Crippen LogP contribution in [0.25, 0.3) is 0 Å². The molecule has 1 aromatic carbocycles. The molecule has 2 aromatic rings. The van der Waals surface area contributed by atoms with Gasteiger partial charge in [-0.2, -0.15) is 0 Å². The van der Waals surface area contributed by atoms with Crippen molar-refractivity contribution in [3.63, 3.8) is 0 Å². The van der Waals surface area contributed by atoms with Gasteiger partial charge in [0.05, 0.1) is 5.56 Å². The molecule has 0 bridgehead atoms. The number of para-hydroxylation sites is 1. The Balaban J connectivity index is 2.16. The quantitative estimate of drug-likeness (QED) is 0.806. The summed E-state index contributed by atoms with van der Waals surface area (Å²) < 4.78 is 0. The first-order chi connectivity index (χ1) is 9.49. The third-order valence-corrected chi connectivity index (χ3v) is 3.98. The first-order valence-corrected chi connectivity index (χ1v) is 6.77. The maximum Gasteiger partial charge on any atom is 0.338 e. The number of nitrogens with one attached hydrogen (secondary N) is 2. The highest BCUT2D eigenvalue weighted by Gasteiger charge is 2.20. The summed E-state index contributed by atoms with van der Waals surface area (Å²) in [5.41, 5.74) is 1.47. The monoisotopic (exact) mass is 290 g/mol. The van der Waals surface area contributed by atoms with Gasteiger partial charge in [-0.15, -0.1) is 11.3 Å². The molecule has 0 aliphatic carbocycles. The zero-order chi connectivity index (χ0) is 14.7. The smallest absolute Gasteiger partial charge is 0.338 e. The minimum atomic E-state index is -1.04. The van der Waals surface area contributed by atoms with Gasteiger partial charge in [0, 0.05) is 10.6 Å². The molecule has 104 valence electrons. The number of urea groups is 1. The predicted octanol–water partition coefficient (Wildman–Crippen LogP) is 3.71. The molecule has 0 fully saturated rings. The Hall–Kier alpha value is -2.34. The maximum absolute atomic E-state index is 11.9. The lowest BCUT2D eigenvalue weighted by atomic mass is 10.1. The molecular formula is C14H14N2O3S. The summed E-state index contributed by atoms with van der Waals surface area (Å²) in [5, 5.41) is 14.8. The van der Waals surface area contributed by atoms with Crippen molar-refractivity contribution in [2.45, 2.75) is 13.8 Å². The van der Waals surface area contributed by atoms with Gasteiger partial charge < -0.3 is 10.4 Å². The third kappa shape index (κ3) is 2.97. The van der Waals surface area contributed by atoms with E-state index >= 15 is 0 Å². The number of thiophene rings is 1. The minimum Gasteiger partial charge on any atom is -0.478 e. The van der Waals surface area contributed by atoms with Crippen LogP contribution in [0.5, 0.6) is 0 Å². The molecule has 0 unspecified atom stereocenters. The van der Waals surface area contributed by atoms with Crippen LogP contribution in [0.3, 0.4) is 0 Å². The number of amides is 2. The minimum absolute atomic E-state index is 0.149. The molecule has 6 heteroatoms. The van der Waals surface area contributed by atoms with Gasteiger partial charge >= 0.3 is 12.0 Å². The second-order valence-electron chi connectivity index (χ2n) is 4.24. The van der Waals surface area contributed by atoms with Crippen LogP contribution in [0.15, 0.2) is 30.3 Å². The maximum atomic E-state index is 11.9. The summed E-state index contributed by atoms with van der Waals surface area (Å²) in [7, 11) is 0. The Kier molecular flexibility index (Phi) is 4.05. The molecule has 3 N–H and O–H groups in total. The van der Waals surface area contributed by atoms with Crippen LogP contribution in [0, 0.1) is 13.8 Å². The van der Waals surface area contributed by atoms with E-state index in [0.717, 1.165) is 4.88 Å². The van der Waals surface area contributed by atoms with Gasteiger partial charge in [-0.3, -0.25) is 5.32 Å². The second-order valence-corrected chi connectivity index (χ2v) is 5.46. The van der Waals surface area contributed by atoms with Crippen molar-refractivity contribution < 1.29 is 14.7 Å². The zero-order valence-corrected chi connectivity index (χ0v) is 11.9. The first kappa shape index (κ1) is 14.1. The number of anilines is 2. The van der Waals surface area contributed by atoms with E-state index in [2.05, 4.69) is 10.6 Å². The first-order valence-electron chi connectivity index (χ1n) is 5.95. The highest BCUT2D eigenvalue weighted by molar-refractivity contribution is 7.16. The van der Waals surface area contributed by atoms with Gasteiger partial charge in [-0.25, -0.2) is 9.59 Å². The average molecular weight is 290 g/mol. The number of aryl methyl sites for hydroxylation is 1. The molecule has 0 radical (unpaired) electrons. The average Bonchev–Trinajstić information content (AvgIpc) is 2.65. The van der Waals surface area contributed by atoms with Gasteiger partial charge in [-0.05, 0) is 31.5 Å². The molecule has 0 aliphatic rings. The lowest BCUT2D eigenvalue weighted by Crippen LogP contribution is -2.20. The standard InChI is InChI=1S/C14H14N2O3S/c1-8-9(2)20-12(11(8)13(17)18)16-14(19)15-10-6-4-3-5-7-10/h3-7H,1-2H3,(H,17,18)(H2,15,16,19). The van der Waals surface area contributed by atoms with Crippen LogP contribution in [0.1, 0.15) is 20.8 Å². The summed E-state index contributed by atoms with van der Waals surface area (Å²) >= 11 is 1.26. The Labute approximate surface area is 120 Å². The summed E-state index contributed by atoms with van der Waals surface area (Å²) in [5.74, 6) is -1.04. The van der Waals surface area contributed by atoms with Crippen molar-refractivity contribution in [2.75, 3.05) is 10.6 Å². The van der Waals surface area contributed by atoms with Crippen molar-refractivity contribution in [3.05, 3.63) is 46.3 Å². The number of hydrogen-bond acceptors (Lipinski definition) is 3. The van der Waals surface area contributed by atoms with E-state index in [1.807, 2.05) is 13.0 Å². The topological polar surface area (TPSA) is 78.4 Å². The fourth-order valence-corrected chi connectivity index (χ4v) is 2.81. The van der Waals surface area contributed by atoms with Gasteiger partial charge in [-0.1, -0.05) is 18.2 Å². The fourth-order valence-electron chi connectivity index (χ4n) is 1.76. The largest absolute Gasteiger partial charge is 0.478 e. The number of carboxylic acids is 1. The number of aromatic carboxylic acids is 1. The van der Waals surface area contributed by atoms with Crippen LogP contribution >= 0.6 is 11.3 Å². The van der Waals surface area contributed by atoms with Gasteiger partial charge in [0.2, 0.25) is 0 Å². The molecule has 1 heterocycles. The lowest BCUT2D eigenvalue weighted by Gasteiger charge is -2.06. The van der Waals surface area contributed by atoms with Crippen molar-refractivity contribution >= 4 is 34.0 Å². The van der Waals surface area contributed by atoms with E-state index in [0.29, 0.717) is 16.3 Å². The predicted molar refractivity (Wildman–Crippen MR) is 79.8 cm³/mol. The summed E-state index contributed by atoms with van der Waals surface area (Å²) in [6, 6.07) is 8.50. The zero-order valence-electron chi connectivity index (χ0n) is 11.1. The molecule has 0 saturated heterocycles. The number of carbonyl (C=O) groups excluding carboxylic acids is 1. The molecule has 0 aliphatic heterocycles. The van der Waals surface area contributed by atoms with E-state index in [9.17, 15) is 14.7 Å². The number of rotatable bonds is 3. The number of carbonyl (C=O) groups is 2. The van der Waals surface area contributed by atoms with Crippen LogP contribution in [-0.4, -0.2) is 17.1 Å². The highest BCUT2D eigenvalue weighted by atomic mass is 32.1. The van der Waals surface area contributed by atoms with E-state index in [-0.39, 0.29) is 5.56 Å². The number of carboxylic acid groups (broad SMARTS) is 1. The molecule has 20 heavy (non-hydrogen) atoms. The van der Waals surface area contributed by atoms with Crippen molar-refractivity contribution in [3.8, 4) is 0 Å². The normalized spacial score (nSPS) is 10.1. The van der Waals surface area contributed by atoms with Crippen LogP contribution < -0.4 is 10.6 Å². The lowest BCUT2D eigenvalue weighted by molar-refractivity contribution is 0.0697. The molecule has 2 amide bonds. The molecule has 2 rings (SSSR count).